The highest BCUT2D eigenvalue weighted by Gasteiger charge is 2.25. The van der Waals surface area contributed by atoms with Crippen LogP contribution >= 0.6 is 11.3 Å². The lowest BCUT2D eigenvalue weighted by atomic mass is 9.89. The molecule has 2 aromatic rings. The molecule has 0 saturated carbocycles. The van der Waals surface area contributed by atoms with Gasteiger partial charge in [-0.25, -0.2) is 4.98 Å². The number of hydrogen-bond donors (Lipinski definition) is 2. The van der Waals surface area contributed by atoms with E-state index >= 15 is 0 Å². The van der Waals surface area contributed by atoms with Crippen molar-refractivity contribution < 1.29 is 0 Å². The van der Waals surface area contributed by atoms with Gasteiger partial charge in [0.2, 0.25) is 5.95 Å². The number of nitrogens with two attached hydrogens (primary N) is 1. The van der Waals surface area contributed by atoms with Crippen LogP contribution in [0.15, 0.2) is 0 Å². The van der Waals surface area contributed by atoms with Gasteiger partial charge in [-0.3, -0.25) is 0 Å². The van der Waals surface area contributed by atoms with Crippen LogP contribution in [0.2, 0.25) is 0 Å². The standard InChI is InChI=1S/C15H21N5S/c1-9-2-3-11-10(8-9)12-13(21-11)14(19-15(16)18-12)20-6-4-17-5-7-20/h9,17H,2-8H2,1H3,(H2,16,18,19). The Morgan fingerprint density at radius 1 is 1.29 bits per heavy atom. The van der Waals surface area contributed by atoms with Crippen LogP contribution < -0.4 is 16.0 Å². The molecule has 3 heterocycles. The van der Waals surface area contributed by atoms with Gasteiger partial charge in [-0.05, 0) is 30.7 Å². The third-order valence-electron chi connectivity index (χ3n) is 4.55. The lowest BCUT2D eigenvalue weighted by molar-refractivity contribution is 0.508. The molecule has 21 heavy (non-hydrogen) atoms. The number of hydrogen-bond acceptors (Lipinski definition) is 6. The van der Waals surface area contributed by atoms with Crippen LogP contribution in [-0.2, 0) is 12.8 Å². The smallest absolute Gasteiger partial charge is 0.222 e. The van der Waals surface area contributed by atoms with Crippen molar-refractivity contribution in [3.8, 4) is 0 Å². The molecule has 1 atom stereocenters. The van der Waals surface area contributed by atoms with E-state index in [0.717, 1.165) is 49.9 Å². The molecule has 112 valence electrons. The number of anilines is 2. The van der Waals surface area contributed by atoms with Gasteiger partial charge in [-0.15, -0.1) is 11.3 Å². The summed E-state index contributed by atoms with van der Waals surface area (Å²) in [5.41, 5.74) is 8.54. The van der Waals surface area contributed by atoms with Gasteiger partial charge in [0, 0.05) is 31.1 Å². The van der Waals surface area contributed by atoms with Crippen LogP contribution in [-0.4, -0.2) is 36.1 Å². The topological polar surface area (TPSA) is 67.1 Å². The lowest BCUT2D eigenvalue weighted by Crippen LogP contribution is -2.44. The molecular weight excluding hydrogens is 282 g/mol. The number of thiophene rings is 1. The summed E-state index contributed by atoms with van der Waals surface area (Å²) in [6.45, 7) is 6.32. The molecule has 2 aliphatic rings. The van der Waals surface area contributed by atoms with Crippen molar-refractivity contribution in [2.45, 2.75) is 26.2 Å². The van der Waals surface area contributed by atoms with Crippen molar-refractivity contribution in [2.75, 3.05) is 36.8 Å². The van der Waals surface area contributed by atoms with Crippen LogP contribution in [0.5, 0.6) is 0 Å². The van der Waals surface area contributed by atoms with Crippen LogP contribution in [0.1, 0.15) is 23.8 Å². The van der Waals surface area contributed by atoms with Gasteiger partial charge in [0.1, 0.15) is 0 Å². The van der Waals surface area contributed by atoms with E-state index in [1.807, 2.05) is 11.3 Å². The molecular formula is C15H21N5S. The first-order valence-corrected chi connectivity index (χ1v) is 8.57. The second-order valence-electron chi connectivity index (χ2n) is 6.17. The zero-order valence-electron chi connectivity index (χ0n) is 12.4. The molecule has 4 rings (SSSR count). The summed E-state index contributed by atoms with van der Waals surface area (Å²) in [4.78, 5) is 13.0. The molecule has 0 radical (unpaired) electrons. The molecule has 1 unspecified atom stereocenters. The summed E-state index contributed by atoms with van der Waals surface area (Å²) in [7, 11) is 0. The average Bonchev–Trinajstić information content (AvgIpc) is 2.85. The number of nitrogens with one attached hydrogen (secondary N) is 1. The van der Waals surface area contributed by atoms with E-state index in [4.69, 9.17) is 5.73 Å². The van der Waals surface area contributed by atoms with Crippen LogP contribution in [0, 0.1) is 5.92 Å². The monoisotopic (exact) mass is 303 g/mol. The second kappa shape index (κ2) is 5.10. The maximum Gasteiger partial charge on any atom is 0.222 e. The first kappa shape index (κ1) is 13.3. The summed E-state index contributed by atoms with van der Waals surface area (Å²) in [5.74, 6) is 2.20. The van der Waals surface area contributed by atoms with Gasteiger partial charge in [0.25, 0.3) is 0 Å². The minimum Gasteiger partial charge on any atom is -0.368 e. The predicted molar refractivity (Wildman–Crippen MR) is 88.1 cm³/mol. The van der Waals surface area contributed by atoms with E-state index < -0.39 is 0 Å². The molecule has 0 aromatic carbocycles. The molecule has 2 aromatic heterocycles. The first-order valence-electron chi connectivity index (χ1n) is 7.76. The van der Waals surface area contributed by atoms with E-state index in [1.54, 1.807) is 0 Å². The number of piperazine rings is 1. The fourth-order valence-electron chi connectivity index (χ4n) is 3.40. The highest BCUT2D eigenvalue weighted by Crippen LogP contribution is 2.41. The lowest BCUT2D eigenvalue weighted by Gasteiger charge is -2.28. The predicted octanol–water partition coefficient (Wildman–Crippen LogP) is 1.81. The van der Waals surface area contributed by atoms with Gasteiger partial charge in [0.05, 0.1) is 10.2 Å². The third kappa shape index (κ3) is 2.26. The van der Waals surface area contributed by atoms with Crippen LogP contribution in [0.3, 0.4) is 0 Å². The van der Waals surface area contributed by atoms with Crippen LogP contribution in [0.4, 0.5) is 11.8 Å². The van der Waals surface area contributed by atoms with E-state index in [9.17, 15) is 0 Å². The minimum absolute atomic E-state index is 0.412. The Labute approximate surface area is 128 Å². The van der Waals surface area contributed by atoms with E-state index in [-0.39, 0.29) is 0 Å². The highest BCUT2D eigenvalue weighted by molar-refractivity contribution is 7.19. The normalized spacial score (nSPS) is 22.5. The van der Waals surface area contributed by atoms with Crippen molar-refractivity contribution >= 4 is 33.3 Å². The summed E-state index contributed by atoms with van der Waals surface area (Å²) in [6.07, 6.45) is 3.59. The quantitative estimate of drug-likeness (QED) is 0.841. The number of rotatable bonds is 1. The molecule has 1 fully saturated rings. The van der Waals surface area contributed by atoms with E-state index in [0.29, 0.717) is 5.95 Å². The number of aryl methyl sites for hydroxylation is 1. The number of aromatic nitrogens is 2. The Hall–Kier alpha value is -1.40. The fraction of sp³-hybridized carbons (Fsp3) is 0.600. The highest BCUT2D eigenvalue weighted by atomic mass is 32.1. The number of fused-ring (bicyclic) bond motifs is 3. The third-order valence-corrected chi connectivity index (χ3v) is 5.82. The molecule has 5 nitrogen and oxygen atoms in total. The Morgan fingerprint density at radius 2 is 2.10 bits per heavy atom. The second-order valence-corrected chi connectivity index (χ2v) is 7.28. The molecule has 0 amide bonds. The van der Waals surface area contributed by atoms with Crippen molar-refractivity contribution in [2.24, 2.45) is 5.92 Å². The number of nitrogen functional groups attached to an aromatic ring is 1. The van der Waals surface area contributed by atoms with Gasteiger partial charge in [-0.1, -0.05) is 6.92 Å². The Morgan fingerprint density at radius 3 is 2.90 bits per heavy atom. The molecule has 3 N–H and O–H groups in total. The molecule has 1 saturated heterocycles. The van der Waals surface area contributed by atoms with Crippen molar-refractivity contribution in [1.82, 2.24) is 15.3 Å². The van der Waals surface area contributed by atoms with E-state index in [1.165, 1.54) is 28.0 Å². The molecule has 0 spiro atoms. The zero-order chi connectivity index (χ0) is 14.4. The van der Waals surface area contributed by atoms with Gasteiger partial charge in [-0.2, -0.15) is 4.98 Å². The Balaban J connectivity index is 1.87. The summed E-state index contributed by atoms with van der Waals surface area (Å²) in [6, 6.07) is 0. The maximum absolute atomic E-state index is 6.00. The molecule has 0 bridgehead atoms. The summed E-state index contributed by atoms with van der Waals surface area (Å²) in [5, 5.41) is 3.39. The van der Waals surface area contributed by atoms with E-state index in [2.05, 4.69) is 27.1 Å². The van der Waals surface area contributed by atoms with Crippen molar-refractivity contribution in [3.63, 3.8) is 0 Å². The van der Waals surface area contributed by atoms with Gasteiger partial charge < -0.3 is 16.0 Å². The molecule has 1 aliphatic carbocycles. The fourth-order valence-corrected chi connectivity index (χ4v) is 4.70. The first-order chi connectivity index (χ1) is 10.2. The van der Waals surface area contributed by atoms with Crippen molar-refractivity contribution in [1.29, 1.82) is 0 Å². The SMILES string of the molecule is CC1CCc2sc3c(N4CCNCC4)nc(N)nc3c2C1. The number of nitrogens with zero attached hydrogens (tertiary/aromatic N) is 3. The summed E-state index contributed by atoms with van der Waals surface area (Å²) < 4.78 is 1.24. The zero-order valence-corrected chi connectivity index (χ0v) is 13.2. The van der Waals surface area contributed by atoms with Crippen molar-refractivity contribution in [3.05, 3.63) is 10.4 Å². The largest absolute Gasteiger partial charge is 0.368 e. The van der Waals surface area contributed by atoms with Crippen LogP contribution in [0.25, 0.3) is 10.2 Å². The van der Waals surface area contributed by atoms with Gasteiger partial charge in [0.15, 0.2) is 5.82 Å². The molecule has 6 heteroatoms. The Kier molecular flexibility index (Phi) is 3.23. The van der Waals surface area contributed by atoms with Gasteiger partial charge >= 0.3 is 0 Å². The maximum atomic E-state index is 6.00. The Bertz CT molecular complexity index is 674. The average molecular weight is 303 g/mol. The molecule has 1 aliphatic heterocycles. The summed E-state index contributed by atoms with van der Waals surface area (Å²) >= 11 is 1.89. The minimum atomic E-state index is 0.412.